The van der Waals surface area contributed by atoms with E-state index in [2.05, 4.69) is 15.9 Å². The minimum Gasteiger partial charge on any atom is -0.488 e. The van der Waals surface area contributed by atoms with Crippen molar-refractivity contribution in [1.82, 2.24) is 0 Å². The molecule has 3 nitrogen and oxygen atoms in total. The Balaban J connectivity index is 2.28. The van der Waals surface area contributed by atoms with Crippen molar-refractivity contribution < 1.29 is 14.3 Å². The molecule has 0 aliphatic heterocycles. The Morgan fingerprint density at radius 1 is 1.25 bits per heavy atom. The SMILES string of the molecule is COC(=O)c1c(Cl)cc(Br)cc1OCc1ccccc1. The van der Waals surface area contributed by atoms with Gasteiger partial charge in [0.15, 0.2) is 0 Å². The van der Waals surface area contributed by atoms with Gasteiger partial charge < -0.3 is 9.47 Å². The predicted molar refractivity (Wildman–Crippen MR) is 81.3 cm³/mol. The molecular weight excluding hydrogens is 344 g/mol. The third kappa shape index (κ3) is 3.52. The van der Waals surface area contributed by atoms with Gasteiger partial charge in [-0.3, -0.25) is 0 Å². The van der Waals surface area contributed by atoms with Crippen molar-refractivity contribution in [1.29, 1.82) is 0 Å². The van der Waals surface area contributed by atoms with Gasteiger partial charge in [0, 0.05) is 4.47 Å². The zero-order chi connectivity index (χ0) is 14.5. The van der Waals surface area contributed by atoms with E-state index in [9.17, 15) is 4.79 Å². The Labute approximate surface area is 130 Å². The number of ether oxygens (including phenoxy) is 2. The molecule has 0 spiro atoms. The number of esters is 1. The molecule has 0 heterocycles. The van der Waals surface area contributed by atoms with E-state index in [1.807, 2.05) is 30.3 Å². The van der Waals surface area contributed by atoms with E-state index in [-0.39, 0.29) is 10.6 Å². The Hall–Kier alpha value is -1.52. The molecule has 2 rings (SSSR count). The summed E-state index contributed by atoms with van der Waals surface area (Å²) in [4.78, 5) is 11.8. The summed E-state index contributed by atoms with van der Waals surface area (Å²) in [7, 11) is 1.31. The molecule has 0 radical (unpaired) electrons. The minimum atomic E-state index is -0.523. The van der Waals surface area contributed by atoms with Crippen molar-refractivity contribution in [2.24, 2.45) is 0 Å². The first-order chi connectivity index (χ1) is 9.61. The van der Waals surface area contributed by atoms with Crippen molar-refractivity contribution in [3.05, 3.63) is 63.1 Å². The highest BCUT2D eigenvalue weighted by Gasteiger charge is 2.18. The predicted octanol–water partition coefficient (Wildman–Crippen LogP) is 4.47. The van der Waals surface area contributed by atoms with E-state index in [1.54, 1.807) is 12.1 Å². The second-order valence-electron chi connectivity index (χ2n) is 4.03. The molecule has 0 atom stereocenters. The molecule has 0 aliphatic carbocycles. The van der Waals surface area contributed by atoms with Gasteiger partial charge in [-0.25, -0.2) is 4.79 Å². The Bertz CT molecular complexity index is 614. The average molecular weight is 356 g/mol. The molecule has 0 saturated carbocycles. The summed E-state index contributed by atoms with van der Waals surface area (Å²) in [6, 6.07) is 13.0. The molecule has 0 aliphatic rings. The Kier molecular flexibility index (Phi) is 5.04. The van der Waals surface area contributed by atoms with E-state index in [0.29, 0.717) is 12.4 Å². The fraction of sp³-hybridized carbons (Fsp3) is 0.133. The highest BCUT2D eigenvalue weighted by atomic mass is 79.9. The fourth-order valence-corrected chi connectivity index (χ4v) is 2.56. The van der Waals surface area contributed by atoms with Gasteiger partial charge in [-0.05, 0) is 17.7 Å². The van der Waals surface area contributed by atoms with Crippen LogP contribution in [-0.4, -0.2) is 13.1 Å². The van der Waals surface area contributed by atoms with Crippen LogP contribution in [0.4, 0.5) is 0 Å². The van der Waals surface area contributed by atoms with Crippen LogP contribution in [-0.2, 0) is 11.3 Å². The molecule has 0 aromatic heterocycles. The third-order valence-electron chi connectivity index (χ3n) is 2.65. The van der Waals surface area contributed by atoms with Crippen LogP contribution in [0.3, 0.4) is 0 Å². The van der Waals surface area contributed by atoms with E-state index in [1.165, 1.54) is 7.11 Å². The zero-order valence-electron chi connectivity index (χ0n) is 10.7. The van der Waals surface area contributed by atoms with Gasteiger partial charge in [0.1, 0.15) is 17.9 Å². The number of carbonyl (C=O) groups excluding carboxylic acids is 1. The van der Waals surface area contributed by atoms with Crippen molar-refractivity contribution in [2.75, 3.05) is 7.11 Å². The van der Waals surface area contributed by atoms with Gasteiger partial charge in [0.25, 0.3) is 0 Å². The van der Waals surface area contributed by atoms with E-state index in [0.717, 1.165) is 10.0 Å². The lowest BCUT2D eigenvalue weighted by molar-refractivity contribution is 0.0595. The van der Waals surface area contributed by atoms with Gasteiger partial charge in [-0.15, -0.1) is 0 Å². The second-order valence-corrected chi connectivity index (χ2v) is 5.35. The number of rotatable bonds is 4. The second kappa shape index (κ2) is 6.77. The summed E-state index contributed by atoms with van der Waals surface area (Å²) in [6.45, 7) is 0.345. The van der Waals surface area contributed by atoms with Crippen molar-refractivity contribution in [3.63, 3.8) is 0 Å². The monoisotopic (exact) mass is 354 g/mol. The summed E-state index contributed by atoms with van der Waals surface area (Å²) in [5.41, 5.74) is 1.23. The number of hydrogen-bond acceptors (Lipinski definition) is 3. The standard InChI is InChI=1S/C15H12BrClO3/c1-19-15(18)14-12(17)7-11(16)8-13(14)20-9-10-5-3-2-4-6-10/h2-8H,9H2,1H3. The molecule has 20 heavy (non-hydrogen) atoms. The molecule has 5 heteroatoms. The number of hydrogen-bond donors (Lipinski definition) is 0. The first-order valence-electron chi connectivity index (χ1n) is 5.86. The molecule has 2 aromatic rings. The lowest BCUT2D eigenvalue weighted by Gasteiger charge is -2.12. The summed E-state index contributed by atoms with van der Waals surface area (Å²) < 4.78 is 11.2. The van der Waals surface area contributed by atoms with Gasteiger partial charge in [-0.2, -0.15) is 0 Å². The molecule has 2 aromatic carbocycles. The van der Waals surface area contributed by atoms with Crippen molar-refractivity contribution >= 4 is 33.5 Å². The number of carbonyl (C=O) groups is 1. The quantitative estimate of drug-likeness (QED) is 0.759. The normalized spacial score (nSPS) is 10.2. The number of methoxy groups -OCH3 is 1. The van der Waals surface area contributed by atoms with Crippen LogP contribution >= 0.6 is 27.5 Å². The van der Waals surface area contributed by atoms with Crippen LogP contribution in [0.2, 0.25) is 5.02 Å². The highest BCUT2D eigenvalue weighted by Crippen LogP contribution is 2.32. The maximum absolute atomic E-state index is 11.8. The maximum Gasteiger partial charge on any atom is 0.343 e. The van der Waals surface area contributed by atoms with Gasteiger partial charge >= 0.3 is 5.97 Å². The maximum atomic E-state index is 11.8. The molecule has 0 bridgehead atoms. The molecule has 0 unspecified atom stereocenters. The molecular formula is C15H12BrClO3. The van der Waals surface area contributed by atoms with E-state index < -0.39 is 5.97 Å². The van der Waals surface area contributed by atoms with E-state index >= 15 is 0 Å². The van der Waals surface area contributed by atoms with Crippen LogP contribution < -0.4 is 4.74 Å². The molecule has 0 amide bonds. The third-order valence-corrected chi connectivity index (χ3v) is 3.40. The van der Waals surface area contributed by atoms with Crippen molar-refractivity contribution in [3.8, 4) is 5.75 Å². The van der Waals surface area contributed by atoms with Gasteiger partial charge in [0.05, 0.1) is 12.1 Å². The smallest absolute Gasteiger partial charge is 0.343 e. The van der Waals surface area contributed by atoms with Crippen LogP contribution in [0.25, 0.3) is 0 Å². The fourth-order valence-electron chi connectivity index (χ4n) is 1.70. The summed E-state index contributed by atoms with van der Waals surface area (Å²) in [5, 5.41) is 0.286. The van der Waals surface area contributed by atoms with Gasteiger partial charge in [-0.1, -0.05) is 57.9 Å². The topological polar surface area (TPSA) is 35.5 Å². The first-order valence-corrected chi connectivity index (χ1v) is 7.03. The van der Waals surface area contributed by atoms with Gasteiger partial charge in [0.2, 0.25) is 0 Å². The highest BCUT2D eigenvalue weighted by molar-refractivity contribution is 9.10. The Morgan fingerprint density at radius 2 is 1.95 bits per heavy atom. The lowest BCUT2D eigenvalue weighted by Crippen LogP contribution is -2.07. The minimum absolute atomic E-state index is 0.230. The van der Waals surface area contributed by atoms with Crippen LogP contribution in [0.5, 0.6) is 5.75 Å². The largest absolute Gasteiger partial charge is 0.488 e. The van der Waals surface area contributed by atoms with Crippen LogP contribution in [0.15, 0.2) is 46.9 Å². The van der Waals surface area contributed by atoms with Crippen molar-refractivity contribution in [2.45, 2.75) is 6.61 Å². The molecule has 0 fully saturated rings. The number of halogens is 2. The van der Waals surface area contributed by atoms with E-state index in [4.69, 9.17) is 21.1 Å². The summed E-state index contributed by atoms with van der Waals surface area (Å²) in [6.07, 6.45) is 0. The summed E-state index contributed by atoms with van der Waals surface area (Å²) >= 11 is 9.41. The Morgan fingerprint density at radius 3 is 2.60 bits per heavy atom. The van der Waals surface area contributed by atoms with Crippen LogP contribution in [0, 0.1) is 0 Å². The van der Waals surface area contributed by atoms with Crippen LogP contribution in [0.1, 0.15) is 15.9 Å². The molecule has 0 saturated heterocycles. The zero-order valence-corrected chi connectivity index (χ0v) is 13.1. The lowest BCUT2D eigenvalue weighted by atomic mass is 10.2. The first kappa shape index (κ1) is 14.9. The molecule has 104 valence electrons. The number of benzene rings is 2. The molecule has 0 N–H and O–H groups in total. The summed E-state index contributed by atoms with van der Waals surface area (Å²) in [5.74, 6) is -0.134. The average Bonchev–Trinajstić information content (AvgIpc) is 2.45.